The molecule has 2 aromatic heterocycles. The predicted molar refractivity (Wildman–Crippen MR) is 81.4 cm³/mol. The van der Waals surface area contributed by atoms with Crippen LogP contribution in [0.25, 0.3) is 11.4 Å². The van der Waals surface area contributed by atoms with Crippen molar-refractivity contribution in [1.29, 1.82) is 0 Å². The number of anilines is 2. The number of H-pyrrole nitrogens is 1. The average Bonchev–Trinajstić information content (AvgIpc) is 3.06. The Morgan fingerprint density at radius 2 is 2.35 bits per heavy atom. The molecular weight excluding hydrogens is 322 g/mol. The highest BCUT2D eigenvalue weighted by molar-refractivity contribution is 9.10. The molecule has 0 amide bonds. The van der Waals surface area contributed by atoms with Crippen LogP contribution in [0.5, 0.6) is 0 Å². The maximum Gasteiger partial charge on any atom is 0.222 e. The van der Waals surface area contributed by atoms with Crippen LogP contribution in [0.2, 0.25) is 0 Å². The van der Waals surface area contributed by atoms with Gasteiger partial charge >= 0.3 is 0 Å². The molecule has 8 heteroatoms. The molecular formula is C12H16BrN7. The molecule has 3 rings (SSSR count). The van der Waals surface area contributed by atoms with Crippen LogP contribution in [-0.4, -0.2) is 46.3 Å². The minimum Gasteiger partial charge on any atom is -0.368 e. The molecule has 1 saturated heterocycles. The SMILES string of the molecule is CN[C@@H]1CCN(c2cc(-c3[nH]ncc3Br)nc(N)n2)C1. The van der Waals surface area contributed by atoms with E-state index in [4.69, 9.17) is 5.73 Å². The summed E-state index contributed by atoms with van der Waals surface area (Å²) >= 11 is 3.44. The zero-order valence-electron chi connectivity index (χ0n) is 11.1. The number of hydrogen-bond donors (Lipinski definition) is 3. The Balaban J connectivity index is 1.93. The summed E-state index contributed by atoms with van der Waals surface area (Å²) in [6, 6.07) is 2.43. The number of nitrogens with one attached hydrogen (secondary N) is 2. The predicted octanol–water partition coefficient (Wildman–Crippen LogP) is 1.01. The minimum absolute atomic E-state index is 0.270. The Bertz CT molecular complexity index is 612. The molecule has 0 unspecified atom stereocenters. The fourth-order valence-corrected chi connectivity index (χ4v) is 2.79. The van der Waals surface area contributed by atoms with E-state index in [1.165, 1.54) is 0 Å². The third kappa shape index (κ3) is 2.48. The zero-order valence-corrected chi connectivity index (χ0v) is 12.7. The van der Waals surface area contributed by atoms with E-state index in [1.807, 2.05) is 13.1 Å². The van der Waals surface area contributed by atoms with E-state index < -0.39 is 0 Å². The molecule has 1 aliphatic heterocycles. The first-order valence-electron chi connectivity index (χ1n) is 6.43. The molecule has 0 radical (unpaired) electrons. The lowest BCUT2D eigenvalue weighted by molar-refractivity contribution is 0.616. The van der Waals surface area contributed by atoms with Gasteiger partial charge in [-0.1, -0.05) is 0 Å². The van der Waals surface area contributed by atoms with Crippen LogP contribution in [0.3, 0.4) is 0 Å². The fourth-order valence-electron chi connectivity index (χ4n) is 2.40. The molecule has 0 saturated carbocycles. The van der Waals surface area contributed by atoms with Crippen molar-refractivity contribution in [2.75, 3.05) is 30.8 Å². The van der Waals surface area contributed by atoms with Gasteiger partial charge in [0.1, 0.15) is 5.82 Å². The van der Waals surface area contributed by atoms with Gasteiger partial charge in [0.15, 0.2) is 0 Å². The molecule has 2 aromatic rings. The second kappa shape index (κ2) is 5.37. The molecule has 0 aromatic carbocycles. The first kappa shape index (κ1) is 13.3. The van der Waals surface area contributed by atoms with Crippen LogP contribution in [0.15, 0.2) is 16.7 Å². The smallest absolute Gasteiger partial charge is 0.222 e. The van der Waals surface area contributed by atoms with Crippen molar-refractivity contribution in [3.8, 4) is 11.4 Å². The molecule has 7 nitrogen and oxygen atoms in total. The maximum atomic E-state index is 5.84. The zero-order chi connectivity index (χ0) is 14.1. The number of rotatable bonds is 3. The first-order chi connectivity index (χ1) is 9.67. The van der Waals surface area contributed by atoms with Gasteiger partial charge in [0.2, 0.25) is 5.95 Å². The summed E-state index contributed by atoms with van der Waals surface area (Å²) in [4.78, 5) is 10.8. The second-order valence-corrected chi connectivity index (χ2v) is 5.64. The van der Waals surface area contributed by atoms with Crippen molar-refractivity contribution in [3.05, 3.63) is 16.7 Å². The lowest BCUT2D eigenvalue weighted by Crippen LogP contribution is -2.30. The summed E-state index contributed by atoms with van der Waals surface area (Å²) in [6.07, 6.45) is 2.80. The van der Waals surface area contributed by atoms with Gasteiger partial charge in [0.05, 0.1) is 22.1 Å². The first-order valence-corrected chi connectivity index (χ1v) is 7.22. The van der Waals surface area contributed by atoms with Gasteiger partial charge < -0.3 is 16.0 Å². The van der Waals surface area contributed by atoms with Crippen molar-refractivity contribution < 1.29 is 0 Å². The van der Waals surface area contributed by atoms with Gasteiger partial charge in [0, 0.05) is 25.2 Å². The quantitative estimate of drug-likeness (QED) is 0.773. The Morgan fingerprint density at radius 3 is 3.00 bits per heavy atom. The third-order valence-corrected chi connectivity index (χ3v) is 4.10. The summed E-state index contributed by atoms with van der Waals surface area (Å²) in [5.74, 6) is 1.12. The van der Waals surface area contributed by atoms with Crippen LogP contribution >= 0.6 is 15.9 Å². The summed E-state index contributed by atoms with van der Waals surface area (Å²) in [5, 5.41) is 10.2. The van der Waals surface area contributed by atoms with Crippen molar-refractivity contribution in [3.63, 3.8) is 0 Å². The summed E-state index contributed by atoms with van der Waals surface area (Å²) in [7, 11) is 1.98. The fraction of sp³-hybridized carbons (Fsp3) is 0.417. The van der Waals surface area contributed by atoms with E-state index in [0.717, 1.165) is 41.2 Å². The number of aromatic nitrogens is 4. The van der Waals surface area contributed by atoms with E-state index in [1.54, 1.807) is 6.20 Å². The number of hydrogen-bond acceptors (Lipinski definition) is 6. The minimum atomic E-state index is 0.270. The molecule has 1 fully saturated rings. The number of nitrogens with two attached hydrogens (primary N) is 1. The standard InChI is InChI=1S/C12H16BrN7/c1-15-7-2-3-20(6-7)10-4-9(17-12(14)18-10)11-8(13)5-16-19-11/h4-5,7,15H,2-3,6H2,1H3,(H,16,19)(H2,14,17,18)/t7-/m1/s1. The van der Waals surface area contributed by atoms with Gasteiger partial charge in [-0.05, 0) is 29.4 Å². The summed E-state index contributed by atoms with van der Waals surface area (Å²) in [5.41, 5.74) is 7.39. The highest BCUT2D eigenvalue weighted by atomic mass is 79.9. The van der Waals surface area contributed by atoms with Gasteiger partial charge in [-0.2, -0.15) is 10.1 Å². The van der Waals surface area contributed by atoms with Crippen LogP contribution in [0.1, 0.15) is 6.42 Å². The van der Waals surface area contributed by atoms with Crippen LogP contribution in [-0.2, 0) is 0 Å². The second-order valence-electron chi connectivity index (χ2n) is 4.78. The maximum absolute atomic E-state index is 5.84. The van der Waals surface area contributed by atoms with E-state index in [-0.39, 0.29) is 5.95 Å². The molecule has 1 aliphatic rings. The number of nitrogens with zero attached hydrogens (tertiary/aromatic N) is 4. The number of likely N-dealkylation sites (N-methyl/N-ethyl adjacent to an activating group) is 1. The number of aromatic amines is 1. The Kier molecular flexibility index (Phi) is 3.58. The Morgan fingerprint density at radius 1 is 1.50 bits per heavy atom. The number of halogens is 1. The molecule has 0 bridgehead atoms. The monoisotopic (exact) mass is 337 g/mol. The molecule has 0 spiro atoms. The van der Waals surface area contributed by atoms with Gasteiger partial charge in [0.25, 0.3) is 0 Å². The Labute approximate surface area is 125 Å². The molecule has 0 aliphatic carbocycles. The third-order valence-electron chi connectivity index (χ3n) is 3.50. The number of nitrogen functional groups attached to an aromatic ring is 1. The van der Waals surface area contributed by atoms with Crippen molar-refractivity contribution >= 4 is 27.7 Å². The van der Waals surface area contributed by atoms with Crippen molar-refractivity contribution in [2.45, 2.75) is 12.5 Å². The van der Waals surface area contributed by atoms with Gasteiger partial charge in [-0.25, -0.2) is 4.98 Å². The largest absolute Gasteiger partial charge is 0.368 e. The van der Waals surface area contributed by atoms with Crippen molar-refractivity contribution in [1.82, 2.24) is 25.5 Å². The topological polar surface area (TPSA) is 95.8 Å². The van der Waals surface area contributed by atoms with Crippen LogP contribution in [0, 0.1) is 0 Å². The normalized spacial score (nSPS) is 18.7. The van der Waals surface area contributed by atoms with E-state index in [9.17, 15) is 0 Å². The van der Waals surface area contributed by atoms with Gasteiger partial charge in [-0.3, -0.25) is 5.10 Å². The average molecular weight is 338 g/mol. The van der Waals surface area contributed by atoms with E-state index in [0.29, 0.717) is 6.04 Å². The highest BCUT2D eigenvalue weighted by Gasteiger charge is 2.23. The summed E-state index contributed by atoms with van der Waals surface area (Å²) in [6.45, 7) is 1.89. The Hall–Kier alpha value is -1.67. The summed E-state index contributed by atoms with van der Waals surface area (Å²) < 4.78 is 0.857. The molecule has 3 heterocycles. The molecule has 106 valence electrons. The van der Waals surface area contributed by atoms with E-state index in [2.05, 4.69) is 46.3 Å². The molecule has 1 atom stereocenters. The van der Waals surface area contributed by atoms with Gasteiger partial charge in [-0.15, -0.1) is 0 Å². The van der Waals surface area contributed by atoms with E-state index >= 15 is 0 Å². The molecule has 20 heavy (non-hydrogen) atoms. The van der Waals surface area contributed by atoms with Crippen LogP contribution in [0.4, 0.5) is 11.8 Å². The highest BCUT2D eigenvalue weighted by Crippen LogP contribution is 2.28. The van der Waals surface area contributed by atoms with Crippen LogP contribution < -0.4 is 16.0 Å². The van der Waals surface area contributed by atoms with Crippen molar-refractivity contribution in [2.24, 2.45) is 0 Å². The lowest BCUT2D eigenvalue weighted by Gasteiger charge is -2.18. The molecule has 4 N–H and O–H groups in total. The lowest BCUT2D eigenvalue weighted by atomic mass is 10.3.